The molecule has 2 unspecified atom stereocenters. The van der Waals surface area contributed by atoms with Crippen molar-refractivity contribution < 1.29 is 0 Å². The van der Waals surface area contributed by atoms with Gasteiger partial charge < -0.3 is 10.6 Å². The first-order chi connectivity index (χ1) is 8.52. The Balaban J connectivity index is 2.14. The van der Waals surface area contributed by atoms with Crippen molar-refractivity contribution >= 4 is 16.5 Å². The first-order valence-corrected chi connectivity index (χ1v) is 7.52. The van der Waals surface area contributed by atoms with Crippen LogP contribution in [0, 0.1) is 6.92 Å². The van der Waals surface area contributed by atoms with Crippen molar-refractivity contribution in [3.63, 3.8) is 0 Å². The van der Waals surface area contributed by atoms with Crippen LogP contribution in [0.2, 0.25) is 0 Å². The summed E-state index contributed by atoms with van der Waals surface area (Å²) in [6.45, 7) is 9.61. The lowest BCUT2D eigenvalue weighted by Gasteiger charge is -2.39. The van der Waals surface area contributed by atoms with Crippen LogP contribution in [0.4, 0.5) is 5.13 Å². The SMILES string of the molecule is CCC1CN(c2nc(C)c(C(C)N)s2)CCN1C. The predicted molar refractivity (Wildman–Crippen MR) is 78.4 cm³/mol. The van der Waals surface area contributed by atoms with Crippen molar-refractivity contribution in [1.82, 2.24) is 9.88 Å². The Morgan fingerprint density at radius 2 is 2.22 bits per heavy atom. The van der Waals surface area contributed by atoms with Crippen LogP contribution >= 0.6 is 11.3 Å². The third-order valence-electron chi connectivity index (χ3n) is 3.75. The van der Waals surface area contributed by atoms with Crippen molar-refractivity contribution in [2.45, 2.75) is 39.3 Å². The highest BCUT2D eigenvalue weighted by Gasteiger charge is 2.25. The maximum atomic E-state index is 5.98. The minimum Gasteiger partial charge on any atom is -0.345 e. The summed E-state index contributed by atoms with van der Waals surface area (Å²) in [5.41, 5.74) is 7.07. The fourth-order valence-corrected chi connectivity index (χ4v) is 3.57. The Kier molecular flexibility index (Phi) is 4.25. The second-order valence-corrected chi connectivity index (χ2v) is 6.23. The third-order valence-corrected chi connectivity index (χ3v) is 5.17. The highest BCUT2D eigenvalue weighted by Crippen LogP contribution is 2.31. The molecule has 1 fully saturated rings. The quantitative estimate of drug-likeness (QED) is 0.911. The van der Waals surface area contributed by atoms with E-state index in [1.165, 1.54) is 11.3 Å². The number of anilines is 1. The Morgan fingerprint density at radius 3 is 2.78 bits per heavy atom. The second kappa shape index (κ2) is 5.55. The number of hydrogen-bond acceptors (Lipinski definition) is 5. The molecule has 1 aromatic rings. The number of rotatable bonds is 3. The summed E-state index contributed by atoms with van der Waals surface area (Å²) in [5, 5.41) is 1.14. The normalized spacial score (nSPS) is 23.4. The summed E-state index contributed by atoms with van der Waals surface area (Å²) >= 11 is 1.76. The molecule has 0 saturated carbocycles. The van der Waals surface area contributed by atoms with Crippen LogP contribution in [0.15, 0.2) is 0 Å². The smallest absolute Gasteiger partial charge is 0.185 e. The van der Waals surface area contributed by atoms with Gasteiger partial charge in [-0.2, -0.15) is 0 Å². The molecule has 0 spiro atoms. The van der Waals surface area contributed by atoms with Crippen molar-refractivity contribution in [1.29, 1.82) is 0 Å². The van der Waals surface area contributed by atoms with Crippen LogP contribution in [0.5, 0.6) is 0 Å². The number of nitrogens with two attached hydrogens (primary N) is 1. The number of aryl methyl sites for hydroxylation is 1. The summed E-state index contributed by atoms with van der Waals surface area (Å²) in [4.78, 5) is 10.8. The van der Waals surface area contributed by atoms with E-state index in [4.69, 9.17) is 10.7 Å². The minimum atomic E-state index is 0.0886. The van der Waals surface area contributed by atoms with Crippen LogP contribution in [-0.2, 0) is 0 Å². The van der Waals surface area contributed by atoms with Gasteiger partial charge in [-0.05, 0) is 27.3 Å². The first kappa shape index (κ1) is 13.8. The van der Waals surface area contributed by atoms with Crippen LogP contribution in [0.3, 0.4) is 0 Å². The molecular formula is C13H24N4S. The molecule has 102 valence electrons. The zero-order valence-corrected chi connectivity index (χ0v) is 12.6. The van der Waals surface area contributed by atoms with Gasteiger partial charge in [-0.3, -0.25) is 4.90 Å². The largest absolute Gasteiger partial charge is 0.345 e. The number of nitrogens with zero attached hydrogens (tertiary/aromatic N) is 3. The first-order valence-electron chi connectivity index (χ1n) is 6.71. The molecule has 0 bridgehead atoms. The number of thiazole rings is 1. The Hall–Kier alpha value is -0.650. The molecule has 2 heterocycles. The average molecular weight is 268 g/mol. The molecule has 4 nitrogen and oxygen atoms in total. The van der Waals surface area contributed by atoms with Gasteiger partial charge in [-0.25, -0.2) is 4.98 Å². The molecule has 0 aliphatic carbocycles. The van der Waals surface area contributed by atoms with Crippen molar-refractivity contribution in [3.05, 3.63) is 10.6 Å². The summed E-state index contributed by atoms with van der Waals surface area (Å²) in [6, 6.07) is 0.729. The van der Waals surface area contributed by atoms with E-state index in [1.807, 2.05) is 6.92 Å². The third kappa shape index (κ3) is 2.68. The lowest BCUT2D eigenvalue weighted by atomic mass is 10.1. The molecule has 1 aromatic heterocycles. The van der Waals surface area contributed by atoms with E-state index >= 15 is 0 Å². The number of hydrogen-bond donors (Lipinski definition) is 1. The summed E-state index contributed by atoms with van der Waals surface area (Å²) in [6.07, 6.45) is 1.19. The highest BCUT2D eigenvalue weighted by atomic mass is 32.1. The van der Waals surface area contributed by atoms with Crippen LogP contribution < -0.4 is 10.6 Å². The van der Waals surface area contributed by atoms with Crippen molar-refractivity contribution in [2.75, 3.05) is 31.6 Å². The van der Waals surface area contributed by atoms with Gasteiger partial charge in [-0.15, -0.1) is 11.3 Å². The van der Waals surface area contributed by atoms with E-state index in [2.05, 4.69) is 30.7 Å². The number of aromatic nitrogens is 1. The van der Waals surface area contributed by atoms with E-state index in [0.717, 1.165) is 30.5 Å². The summed E-state index contributed by atoms with van der Waals surface area (Å²) < 4.78 is 0. The molecule has 2 N–H and O–H groups in total. The monoisotopic (exact) mass is 268 g/mol. The van der Waals surface area contributed by atoms with Crippen LogP contribution in [0.1, 0.15) is 36.9 Å². The minimum absolute atomic E-state index is 0.0886. The summed E-state index contributed by atoms with van der Waals surface area (Å²) in [5.74, 6) is 0. The van der Waals surface area contributed by atoms with Crippen LogP contribution in [-0.4, -0.2) is 42.6 Å². The van der Waals surface area contributed by atoms with Gasteiger partial charge in [0.25, 0.3) is 0 Å². The fraction of sp³-hybridized carbons (Fsp3) is 0.769. The second-order valence-electron chi connectivity index (χ2n) is 5.22. The van der Waals surface area contributed by atoms with Gasteiger partial charge in [0.15, 0.2) is 5.13 Å². The van der Waals surface area contributed by atoms with E-state index in [1.54, 1.807) is 11.3 Å². The van der Waals surface area contributed by atoms with Gasteiger partial charge in [0.2, 0.25) is 0 Å². The topological polar surface area (TPSA) is 45.4 Å². The standard InChI is InChI=1S/C13H24N4S/c1-5-11-8-17(7-6-16(11)4)13-15-10(3)12(18-13)9(2)14/h9,11H,5-8,14H2,1-4H3. The van der Waals surface area contributed by atoms with E-state index in [-0.39, 0.29) is 6.04 Å². The number of likely N-dealkylation sites (N-methyl/N-ethyl adjacent to an activating group) is 1. The zero-order chi connectivity index (χ0) is 13.3. The molecule has 1 saturated heterocycles. The molecule has 1 aliphatic rings. The van der Waals surface area contributed by atoms with E-state index in [9.17, 15) is 0 Å². The van der Waals surface area contributed by atoms with Gasteiger partial charge in [-0.1, -0.05) is 6.92 Å². The fourth-order valence-electron chi connectivity index (χ4n) is 2.51. The van der Waals surface area contributed by atoms with Crippen molar-refractivity contribution in [3.8, 4) is 0 Å². The molecule has 18 heavy (non-hydrogen) atoms. The maximum absolute atomic E-state index is 5.98. The Labute approximate surface area is 114 Å². The van der Waals surface area contributed by atoms with Gasteiger partial charge >= 0.3 is 0 Å². The Morgan fingerprint density at radius 1 is 1.50 bits per heavy atom. The molecule has 0 aromatic carbocycles. The molecule has 0 radical (unpaired) electrons. The maximum Gasteiger partial charge on any atom is 0.185 e. The molecule has 0 amide bonds. The van der Waals surface area contributed by atoms with Crippen molar-refractivity contribution in [2.24, 2.45) is 5.73 Å². The Bertz CT molecular complexity index is 402. The molecule has 2 atom stereocenters. The lowest BCUT2D eigenvalue weighted by Crippen LogP contribution is -2.51. The lowest BCUT2D eigenvalue weighted by molar-refractivity contribution is 0.213. The molecular weight excluding hydrogens is 244 g/mol. The van der Waals surface area contributed by atoms with Gasteiger partial charge in [0, 0.05) is 36.6 Å². The molecule has 5 heteroatoms. The van der Waals surface area contributed by atoms with E-state index < -0.39 is 0 Å². The number of piperazine rings is 1. The van der Waals surface area contributed by atoms with Crippen LogP contribution in [0.25, 0.3) is 0 Å². The van der Waals surface area contributed by atoms with Gasteiger partial charge in [0.05, 0.1) is 5.69 Å². The molecule has 2 rings (SSSR count). The van der Waals surface area contributed by atoms with E-state index in [0.29, 0.717) is 6.04 Å². The molecule has 1 aliphatic heterocycles. The average Bonchev–Trinajstić information content (AvgIpc) is 2.72. The summed E-state index contributed by atoms with van der Waals surface area (Å²) in [7, 11) is 2.21. The zero-order valence-electron chi connectivity index (χ0n) is 11.8. The van der Waals surface area contributed by atoms with Gasteiger partial charge in [0.1, 0.15) is 0 Å². The highest BCUT2D eigenvalue weighted by molar-refractivity contribution is 7.15. The predicted octanol–water partition coefficient (Wildman–Crippen LogP) is 2.00.